The summed E-state index contributed by atoms with van der Waals surface area (Å²) in [6.07, 6.45) is 2.23. The van der Waals surface area contributed by atoms with Crippen LogP contribution >= 0.6 is 0 Å². The molecule has 0 bridgehead atoms. The second-order valence-corrected chi connectivity index (χ2v) is 3.68. The highest BCUT2D eigenvalue weighted by molar-refractivity contribution is 5.79. The maximum absolute atomic E-state index is 13.3. The number of halogens is 1. The van der Waals surface area contributed by atoms with Gasteiger partial charge in [0.05, 0.1) is 5.52 Å². The Morgan fingerprint density at radius 1 is 1.43 bits per heavy atom. The fraction of sp³-hybridized carbons (Fsp3) is 0.300. The first kappa shape index (κ1) is 7.79. The number of nitrogen functional groups attached to an aromatic ring is 1. The quantitative estimate of drug-likeness (QED) is 0.750. The molecule has 1 heterocycles. The number of hydrogen-bond acceptors (Lipinski definition) is 2. The van der Waals surface area contributed by atoms with Crippen molar-refractivity contribution in [2.75, 3.05) is 5.73 Å². The summed E-state index contributed by atoms with van der Waals surface area (Å²) in [5.41, 5.74) is 6.94. The normalized spacial score (nSPS) is 16.4. The summed E-state index contributed by atoms with van der Waals surface area (Å²) in [4.78, 5) is 4.04. The van der Waals surface area contributed by atoms with Crippen molar-refractivity contribution in [2.45, 2.75) is 18.9 Å². The van der Waals surface area contributed by atoms with Gasteiger partial charge in [-0.15, -0.1) is 0 Å². The molecule has 0 aliphatic heterocycles. The average molecular weight is 191 g/mol. The van der Waals surface area contributed by atoms with E-state index in [1.54, 1.807) is 6.07 Å². The third-order valence-corrected chi connectivity index (χ3v) is 2.61. The van der Waals surface area contributed by atoms with Gasteiger partial charge >= 0.3 is 0 Å². The summed E-state index contributed by atoms with van der Waals surface area (Å²) in [5.74, 6) is 0.126. The Kier molecular flexibility index (Phi) is 1.37. The molecule has 0 radical (unpaired) electrons. The van der Waals surface area contributed by atoms with Crippen LogP contribution in [0.3, 0.4) is 0 Å². The predicted octanol–water partition coefficient (Wildman–Crippen LogP) is 2.09. The standard InChI is InChI=1S/C10H10FN3/c11-7-2-1-3-8-9(7)13-10(12)14(8)6-4-5-6/h1-3,6H,4-5H2,(H2,12,13). The molecule has 0 unspecified atom stereocenters. The van der Waals surface area contributed by atoms with Crippen LogP contribution in [0.5, 0.6) is 0 Å². The highest BCUT2D eigenvalue weighted by Crippen LogP contribution is 2.39. The number of benzene rings is 1. The fourth-order valence-electron chi connectivity index (χ4n) is 1.82. The average Bonchev–Trinajstić information content (AvgIpc) is 2.91. The molecule has 0 spiro atoms. The van der Waals surface area contributed by atoms with Crippen molar-refractivity contribution < 1.29 is 4.39 Å². The summed E-state index contributed by atoms with van der Waals surface area (Å²) in [6, 6.07) is 5.39. The SMILES string of the molecule is Nc1nc2c(F)cccc2n1C1CC1. The van der Waals surface area contributed by atoms with Gasteiger partial charge in [-0.2, -0.15) is 0 Å². The zero-order valence-electron chi connectivity index (χ0n) is 7.57. The van der Waals surface area contributed by atoms with Gasteiger partial charge in [-0.3, -0.25) is 0 Å². The number of anilines is 1. The van der Waals surface area contributed by atoms with Crippen molar-refractivity contribution >= 4 is 17.0 Å². The summed E-state index contributed by atoms with van der Waals surface area (Å²) in [5, 5.41) is 0. The van der Waals surface area contributed by atoms with Gasteiger partial charge in [0, 0.05) is 6.04 Å². The van der Waals surface area contributed by atoms with Crippen molar-refractivity contribution in [2.24, 2.45) is 0 Å². The molecule has 3 rings (SSSR count). The molecule has 1 saturated carbocycles. The molecule has 0 saturated heterocycles. The van der Waals surface area contributed by atoms with E-state index in [-0.39, 0.29) is 5.82 Å². The van der Waals surface area contributed by atoms with Crippen molar-refractivity contribution in [1.82, 2.24) is 9.55 Å². The lowest BCUT2D eigenvalue weighted by Gasteiger charge is -2.02. The molecule has 1 fully saturated rings. The van der Waals surface area contributed by atoms with Gasteiger partial charge in [-0.1, -0.05) is 6.07 Å². The number of nitrogens with zero attached hydrogens (tertiary/aromatic N) is 2. The van der Waals surface area contributed by atoms with Gasteiger partial charge in [0.1, 0.15) is 5.52 Å². The summed E-state index contributed by atoms with van der Waals surface area (Å²) in [7, 11) is 0. The van der Waals surface area contributed by atoms with E-state index in [1.807, 2.05) is 10.6 Å². The first-order valence-corrected chi connectivity index (χ1v) is 4.69. The van der Waals surface area contributed by atoms with Crippen LogP contribution in [0.25, 0.3) is 11.0 Å². The van der Waals surface area contributed by atoms with E-state index in [1.165, 1.54) is 6.07 Å². The van der Waals surface area contributed by atoms with Gasteiger partial charge in [-0.05, 0) is 25.0 Å². The number of imidazole rings is 1. The highest BCUT2D eigenvalue weighted by Gasteiger charge is 2.27. The molecule has 0 atom stereocenters. The Labute approximate surface area is 80.3 Å². The molecule has 1 aromatic heterocycles. The second kappa shape index (κ2) is 2.47. The Morgan fingerprint density at radius 3 is 2.93 bits per heavy atom. The molecule has 0 amide bonds. The van der Waals surface area contributed by atoms with E-state index >= 15 is 0 Å². The number of hydrogen-bond donors (Lipinski definition) is 1. The molecule has 1 aliphatic carbocycles. The van der Waals surface area contributed by atoms with Crippen molar-refractivity contribution in [3.63, 3.8) is 0 Å². The summed E-state index contributed by atoms with van der Waals surface area (Å²) in [6.45, 7) is 0. The minimum absolute atomic E-state index is 0.298. The van der Waals surface area contributed by atoms with Crippen LogP contribution < -0.4 is 5.73 Å². The molecule has 1 aromatic carbocycles. The van der Waals surface area contributed by atoms with E-state index in [9.17, 15) is 4.39 Å². The summed E-state index contributed by atoms with van der Waals surface area (Å²) < 4.78 is 15.3. The smallest absolute Gasteiger partial charge is 0.201 e. The van der Waals surface area contributed by atoms with Crippen molar-refractivity contribution in [3.8, 4) is 0 Å². The minimum atomic E-state index is -0.298. The molecular formula is C10H10FN3. The van der Waals surface area contributed by atoms with Crippen LogP contribution in [0.15, 0.2) is 18.2 Å². The van der Waals surface area contributed by atoms with E-state index in [0.29, 0.717) is 17.5 Å². The van der Waals surface area contributed by atoms with E-state index in [2.05, 4.69) is 4.98 Å². The predicted molar refractivity (Wildman–Crippen MR) is 52.4 cm³/mol. The van der Waals surface area contributed by atoms with Gasteiger partial charge in [-0.25, -0.2) is 9.37 Å². The van der Waals surface area contributed by atoms with Gasteiger partial charge in [0.2, 0.25) is 5.95 Å². The van der Waals surface area contributed by atoms with Crippen molar-refractivity contribution in [3.05, 3.63) is 24.0 Å². The van der Waals surface area contributed by atoms with Crippen molar-refractivity contribution in [1.29, 1.82) is 0 Å². The molecule has 14 heavy (non-hydrogen) atoms. The lowest BCUT2D eigenvalue weighted by Crippen LogP contribution is -2.00. The van der Waals surface area contributed by atoms with Crippen LogP contribution in [0.4, 0.5) is 10.3 Å². The molecule has 1 aliphatic rings. The highest BCUT2D eigenvalue weighted by atomic mass is 19.1. The van der Waals surface area contributed by atoms with Crippen LogP contribution in [0.1, 0.15) is 18.9 Å². The zero-order chi connectivity index (χ0) is 9.71. The lowest BCUT2D eigenvalue weighted by atomic mass is 10.3. The fourth-order valence-corrected chi connectivity index (χ4v) is 1.82. The number of rotatable bonds is 1. The Bertz CT molecular complexity index is 499. The Morgan fingerprint density at radius 2 is 2.21 bits per heavy atom. The van der Waals surface area contributed by atoms with Crippen LogP contribution in [0, 0.1) is 5.82 Å². The minimum Gasteiger partial charge on any atom is -0.369 e. The van der Waals surface area contributed by atoms with E-state index in [0.717, 1.165) is 18.4 Å². The molecule has 3 nitrogen and oxygen atoms in total. The number of nitrogens with two attached hydrogens (primary N) is 1. The zero-order valence-corrected chi connectivity index (χ0v) is 7.57. The van der Waals surface area contributed by atoms with Gasteiger partial charge < -0.3 is 10.3 Å². The Balaban J connectivity index is 2.37. The second-order valence-electron chi connectivity index (χ2n) is 3.68. The van der Waals surface area contributed by atoms with E-state index in [4.69, 9.17) is 5.73 Å². The molecule has 2 aromatic rings. The third kappa shape index (κ3) is 0.937. The lowest BCUT2D eigenvalue weighted by molar-refractivity contribution is 0.637. The first-order valence-electron chi connectivity index (χ1n) is 4.69. The Hall–Kier alpha value is -1.58. The molecule has 2 N–H and O–H groups in total. The largest absolute Gasteiger partial charge is 0.369 e. The molecular weight excluding hydrogens is 181 g/mol. The monoisotopic (exact) mass is 191 g/mol. The van der Waals surface area contributed by atoms with Crippen LogP contribution in [0.2, 0.25) is 0 Å². The van der Waals surface area contributed by atoms with Gasteiger partial charge in [0.15, 0.2) is 5.82 Å². The maximum atomic E-state index is 13.3. The third-order valence-electron chi connectivity index (χ3n) is 2.61. The number of para-hydroxylation sites is 1. The van der Waals surface area contributed by atoms with Gasteiger partial charge in [0.25, 0.3) is 0 Å². The number of fused-ring (bicyclic) bond motifs is 1. The topological polar surface area (TPSA) is 43.8 Å². The maximum Gasteiger partial charge on any atom is 0.201 e. The first-order chi connectivity index (χ1) is 6.77. The number of aromatic nitrogens is 2. The summed E-state index contributed by atoms with van der Waals surface area (Å²) >= 11 is 0. The van der Waals surface area contributed by atoms with Crippen LogP contribution in [-0.2, 0) is 0 Å². The molecule has 72 valence electrons. The van der Waals surface area contributed by atoms with E-state index < -0.39 is 0 Å². The van der Waals surface area contributed by atoms with Crippen LogP contribution in [-0.4, -0.2) is 9.55 Å². The molecule has 4 heteroatoms.